The summed E-state index contributed by atoms with van der Waals surface area (Å²) in [6.07, 6.45) is 5.85. The number of nitrogens with one attached hydrogen (secondary N) is 1. The lowest BCUT2D eigenvalue weighted by Gasteiger charge is -2.12. The molecule has 2 aromatic heterocycles. The molecule has 0 aliphatic heterocycles. The Morgan fingerprint density at radius 3 is 2.94 bits per heavy atom. The molecule has 0 radical (unpaired) electrons. The molecule has 1 N–H and O–H groups in total. The summed E-state index contributed by atoms with van der Waals surface area (Å²) in [7, 11) is 1.60. The zero-order valence-electron chi connectivity index (χ0n) is 19.8. The summed E-state index contributed by atoms with van der Waals surface area (Å²) in [5.41, 5.74) is 2.79. The van der Waals surface area contributed by atoms with Gasteiger partial charge in [-0.1, -0.05) is 23.9 Å². The van der Waals surface area contributed by atoms with Gasteiger partial charge >= 0.3 is 0 Å². The van der Waals surface area contributed by atoms with Crippen LogP contribution in [0.4, 0.5) is 5.00 Å². The van der Waals surface area contributed by atoms with Crippen LogP contribution in [0.25, 0.3) is 0 Å². The van der Waals surface area contributed by atoms with Crippen LogP contribution in [0, 0.1) is 18.3 Å². The molecule has 0 unspecified atom stereocenters. The Morgan fingerprint density at radius 2 is 2.17 bits per heavy atom. The summed E-state index contributed by atoms with van der Waals surface area (Å²) in [5, 5.41) is 22.3. The van der Waals surface area contributed by atoms with Crippen molar-refractivity contribution in [3.8, 4) is 17.6 Å². The fourth-order valence-corrected chi connectivity index (χ4v) is 5.97. The summed E-state index contributed by atoms with van der Waals surface area (Å²) in [5.74, 6) is 1.86. The van der Waals surface area contributed by atoms with Crippen LogP contribution in [0.3, 0.4) is 0 Å². The monoisotopic (exact) mass is 509 g/mol. The van der Waals surface area contributed by atoms with Crippen LogP contribution < -0.4 is 14.8 Å². The molecule has 2 heterocycles. The number of methoxy groups -OCH3 is 1. The number of ether oxygens (including phenoxy) is 2. The predicted octanol–water partition coefficient (Wildman–Crippen LogP) is 4.90. The number of carbonyl (C=O) groups excluding carboxylic acids is 1. The number of nitriles is 1. The fourth-order valence-electron chi connectivity index (χ4n) is 3.95. The highest BCUT2D eigenvalue weighted by molar-refractivity contribution is 7.99. The molecule has 35 heavy (non-hydrogen) atoms. The standard InChI is InChI=1S/C25H27N5O3S2/c1-4-11-30-22(14-33-19-10-9-16(2)12-20(19)32-3)28-29-25(30)34-15-23(31)27-24-18(13-26)17-7-5-6-8-21(17)35-24/h4,9-10,12H,1,5-8,11,14-15H2,2-3H3,(H,27,31). The van der Waals surface area contributed by atoms with Crippen molar-refractivity contribution in [1.82, 2.24) is 14.8 Å². The molecule has 182 valence electrons. The van der Waals surface area contributed by atoms with E-state index in [1.165, 1.54) is 28.0 Å². The van der Waals surface area contributed by atoms with Gasteiger partial charge in [-0.3, -0.25) is 9.36 Å². The molecule has 0 spiro atoms. The third-order valence-corrected chi connectivity index (χ3v) is 7.82. The minimum atomic E-state index is -0.180. The SMILES string of the molecule is C=CCn1c(COc2ccc(C)cc2OC)nnc1SCC(=O)Nc1sc2c(c1C#N)CCCC2. The molecular formula is C25H27N5O3S2. The number of carbonyl (C=O) groups is 1. The average molecular weight is 510 g/mol. The zero-order valence-corrected chi connectivity index (χ0v) is 21.4. The third kappa shape index (κ3) is 5.69. The number of nitrogens with zero attached hydrogens (tertiary/aromatic N) is 4. The Bertz CT molecular complexity index is 1270. The van der Waals surface area contributed by atoms with E-state index in [9.17, 15) is 10.1 Å². The first-order valence-electron chi connectivity index (χ1n) is 11.3. The number of anilines is 1. The van der Waals surface area contributed by atoms with Crippen LogP contribution in [0.15, 0.2) is 36.0 Å². The maximum atomic E-state index is 12.7. The Labute approximate surface area is 213 Å². The number of aryl methyl sites for hydroxylation is 2. The lowest BCUT2D eigenvalue weighted by molar-refractivity contribution is -0.113. The molecule has 1 aliphatic carbocycles. The van der Waals surface area contributed by atoms with E-state index < -0.39 is 0 Å². The van der Waals surface area contributed by atoms with E-state index in [2.05, 4.69) is 28.2 Å². The Balaban J connectivity index is 1.41. The van der Waals surface area contributed by atoms with Crippen LogP contribution in [-0.4, -0.2) is 33.5 Å². The summed E-state index contributed by atoms with van der Waals surface area (Å²) < 4.78 is 13.2. The van der Waals surface area contributed by atoms with Gasteiger partial charge in [-0.25, -0.2) is 0 Å². The molecule has 3 aromatic rings. The second-order valence-corrected chi connectivity index (χ2v) is 10.2. The summed E-state index contributed by atoms with van der Waals surface area (Å²) in [4.78, 5) is 13.9. The van der Waals surface area contributed by atoms with E-state index in [0.717, 1.165) is 36.8 Å². The third-order valence-electron chi connectivity index (χ3n) is 5.65. The van der Waals surface area contributed by atoms with E-state index in [4.69, 9.17) is 9.47 Å². The Morgan fingerprint density at radius 1 is 1.34 bits per heavy atom. The minimum absolute atomic E-state index is 0.148. The molecular weight excluding hydrogens is 482 g/mol. The summed E-state index contributed by atoms with van der Waals surface area (Å²) >= 11 is 2.81. The van der Waals surface area contributed by atoms with Gasteiger partial charge in [0.1, 0.15) is 17.7 Å². The number of rotatable bonds is 10. The zero-order chi connectivity index (χ0) is 24.8. The van der Waals surface area contributed by atoms with Gasteiger partial charge < -0.3 is 14.8 Å². The van der Waals surface area contributed by atoms with Crippen molar-refractivity contribution in [2.45, 2.75) is 50.9 Å². The Hall–Kier alpha value is -3.29. The topological polar surface area (TPSA) is 102 Å². The predicted molar refractivity (Wildman–Crippen MR) is 137 cm³/mol. The lowest BCUT2D eigenvalue weighted by Crippen LogP contribution is -2.15. The van der Waals surface area contributed by atoms with E-state index in [1.54, 1.807) is 13.2 Å². The van der Waals surface area contributed by atoms with E-state index in [0.29, 0.717) is 39.6 Å². The number of thioether (sulfide) groups is 1. The van der Waals surface area contributed by atoms with E-state index in [-0.39, 0.29) is 18.3 Å². The highest BCUT2D eigenvalue weighted by Gasteiger charge is 2.22. The van der Waals surface area contributed by atoms with Crippen molar-refractivity contribution in [3.05, 3.63) is 58.2 Å². The number of hydrogen-bond acceptors (Lipinski definition) is 8. The Kier molecular flexibility index (Phi) is 8.10. The highest BCUT2D eigenvalue weighted by atomic mass is 32.2. The van der Waals surface area contributed by atoms with Crippen molar-refractivity contribution >= 4 is 34.0 Å². The number of allylic oxidation sites excluding steroid dienone is 1. The van der Waals surface area contributed by atoms with Crippen LogP contribution in [0.2, 0.25) is 0 Å². The average Bonchev–Trinajstić information content (AvgIpc) is 3.41. The number of amides is 1. The normalized spacial score (nSPS) is 12.5. The van der Waals surface area contributed by atoms with Crippen molar-refractivity contribution in [2.24, 2.45) is 0 Å². The van der Waals surface area contributed by atoms with Crippen LogP contribution >= 0.6 is 23.1 Å². The molecule has 10 heteroatoms. The molecule has 1 aromatic carbocycles. The van der Waals surface area contributed by atoms with Crippen LogP contribution in [0.5, 0.6) is 11.5 Å². The maximum absolute atomic E-state index is 12.7. The maximum Gasteiger partial charge on any atom is 0.235 e. The first-order valence-corrected chi connectivity index (χ1v) is 13.1. The molecule has 1 aliphatic rings. The molecule has 4 rings (SSSR count). The molecule has 0 saturated heterocycles. The quantitative estimate of drug-likeness (QED) is 0.306. The van der Waals surface area contributed by atoms with Crippen molar-refractivity contribution in [1.29, 1.82) is 5.26 Å². The number of benzene rings is 1. The highest BCUT2D eigenvalue weighted by Crippen LogP contribution is 2.37. The molecule has 0 saturated carbocycles. The lowest BCUT2D eigenvalue weighted by atomic mass is 9.96. The molecule has 0 atom stereocenters. The molecule has 0 fully saturated rings. The number of hydrogen-bond donors (Lipinski definition) is 1. The van der Waals surface area contributed by atoms with Gasteiger partial charge in [0.15, 0.2) is 22.5 Å². The van der Waals surface area contributed by atoms with Crippen LogP contribution in [0.1, 0.15) is 40.2 Å². The van der Waals surface area contributed by atoms with Crippen molar-refractivity contribution in [2.75, 3.05) is 18.2 Å². The molecule has 0 bridgehead atoms. The van der Waals surface area contributed by atoms with E-state index >= 15 is 0 Å². The van der Waals surface area contributed by atoms with Gasteiger partial charge in [0, 0.05) is 11.4 Å². The smallest absolute Gasteiger partial charge is 0.235 e. The second kappa shape index (κ2) is 11.4. The van der Waals surface area contributed by atoms with Crippen molar-refractivity contribution < 1.29 is 14.3 Å². The molecule has 1 amide bonds. The number of aromatic nitrogens is 3. The van der Waals surface area contributed by atoms with Gasteiger partial charge in [-0.2, -0.15) is 5.26 Å². The number of fused-ring (bicyclic) bond motifs is 1. The van der Waals surface area contributed by atoms with Crippen molar-refractivity contribution in [3.63, 3.8) is 0 Å². The van der Waals surface area contributed by atoms with Crippen LogP contribution in [-0.2, 0) is 30.8 Å². The van der Waals surface area contributed by atoms with Gasteiger partial charge in [0.2, 0.25) is 5.91 Å². The van der Waals surface area contributed by atoms with Gasteiger partial charge in [-0.15, -0.1) is 28.1 Å². The minimum Gasteiger partial charge on any atom is -0.493 e. The molecule has 8 nitrogen and oxygen atoms in total. The first kappa shape index (κ1) is 24.8. The largest absolute Gasteiger partial charge is 0.493 e. The second-order valence-electron chi connectivity index (χ2n) is 8.10. The van der Waals surface area contributed by atoms with Gasteiger partial charge in [0.05, 0.1) is 18.4 Å². The van der Waals surface area contributed by atoms with E-state index in [1.807, 2.05) is 29.7 Å². The van der Waals surface area contributed by atoms with Gasteiger partial charge in [0.25, 0.3) is 0 Å². The van der Waals surface area contributed by atoms with Gasteiger partial charge in [-0.05, 0) is 55.9 Å². The fraction of sp³-hybridized carbons (Fsp3) is 0.360. The summed E-state index contributed by atoms with van der Waals surface area (Å²) in [6.45, 7) is 6.48. The number of thiophene rings is 1. The first-order chi connectivity index (χ1) is 17.0. The summed E-state index contributed by atoms with van der Waals surface area (Å²) in [6, 6.07) is 8.00.